The quantitative estimate of drug-likeness (QED) is 0.854. The molecule has 0 unspecified atom stereocenters. The average Bonchev–Trinajstić information content (AvgIpc) is 2.57. The molecule has 2 aromatic carbocycles. The van der Waals surface area contributed by atoms with Gasteiger partial charge in [0.25, 0.3) is 5.91 Å². The Hall–Kier alpha value is -2.89. The molecule has 0 aliphatic rings. The van der Waals surface area contributed by atoms with Crippen molar-refractivity contribution >= 4 is 17.6 Å². The number of nitrogens with one attached hydrogen (secondary N) is 1. The maximum absolute atomic E-state index is 13.5. The van der Waals surface area contributed by atoms with Crippen molar-refractivity contribution in [2.45, 2.75) is 20.0 Å². The highest BCUT2D eigenvalue weighted by Crippen LogP contribution is 2.16. The normalized spacial score (nSPS) is 11.5. The van der Waals surface area contributed by atoms with Gasteiger partial charge >= 0.3 is 5.97 Å². The lowest BCUT2D eigenvalue weighted by molar-refractivity contribution is -0.123. The molecule has 0 bridgehead atoms. The fourth-order valence-corrected chi connectivity index (χ4v) is 1.92. The Morgan fingerprint density at radius 1 is 1.12 bits per heavy atom. The second-order valence-corrected chi connectivity index (χ2v) is 5.23. The van der Waals surface area contributed by atoms with Crippen LogP contribution >= 0.6 is 0 Å². The Bertz CT molecular complexity index is 743. The Labute approximate surface area is 139 Å². The first-order chi connectivity index (χ1) is 11.4. The molecule has 1 N–H and O–H groups in total. The van der Waals surface area contributed by atoms with Crippen LogP contribution in [-0.4, -0.2) is 25.1 Å². The van der Waals surface area contributed by atoms with Crippen LogP contribution in [-0.2, 0) is 9.53 Å². The number of benzene rings is 2. The van der Waals surface area contributed by atoms with Gasteiger partial charge in [0.15, 0.2) is 6.10 Å². The van der Waals surface area contributed by atoms with Crippen LogP contribution in [0, 0.1) is 12.7 Å². The molecule has 0 saturated carbocycles. The van der Waals surface area contributed by atoms with E-state index in [1.807, 2.05) is 0 Å². The Morgan fingerprint density at radius 2 is 1.79 bits per heavy atom. The number of ether oxygens (including phenoxy) is 2. The minimum atomic E-state index is -1.02. The molecule has 2 rings (SSSR count). The first-order valence-corrected chi connectivity index (χ1v) is 7.32. The van der Waals surface area contributed by atoms with E-state index in [9.17, 15) is 14.0 Å². The summed E-state index contributed by atoms with van der Waals surface area (Å²) in [6.07, 6.45) is -1.02. The second kappa shape index (κ2) is 7.59. The van der Waals surface area contributed by atoms with Gasteiger partial charge in [-0.1, -0.05) is 6.07 Å². The highest BCUT2D eigenvalue weighted by molar-refractivity contribution is 5.97. The predicted molar refractivity (Wildman–Crippen MR) is 87.6 cm³/mol. The van der Waals surface area contributed by atoms with E-state index < -0.39 is 23.8 Å². The Morgan fingerprint density at radius 3 is 2.38 bits per heavy atom. The summed E-state index contributed by atoms with van der Waals surface area (Å²) in [7, 11) is 1.54. The lowest BCUT2D eigenvalue weighted by atomic mass is 10.1. The number of carbonyl (C=O) groups excluding carboxylic acids is 2. The van der Waals surface area contributed by atoms with Gasteiger partial charge in [0.1, 0.15) is 11.6 Å². The fraction of sp³-hybridized carbons (Fsp3) is 0.222. The number of methoxy groups -OCH3 is 1. The first-order valence-electron chi connectivity index (χ1n) is 7.32. The van der Waals surface area contributed by atoms with Crippen molar-refractivity contribution in [2.75, 3.05) is 12.4 Å². The number of rotatable bonds is 5. The van der Waals surface area contributed by atoms with E-state index >= 15 is 0 Å². The Balaban J connectivity index is 1.97. The van der Waals surface area contributed by atoms with E-state index in [-0.39, 0.29) is 5.56 Å². The molecule has 1 atom stereocenters. The monoisotopic (exact) mass is 331 g/mol. The number of amides is 1. The molecule has 6 heteroatoms. The predicted octanol–water partition coefficient (Wildman–Crippen LogP) is 3.33. The van der Waals surface area contributed by atoms with Crippen LogP contribution in [0.25, 0.3) is 0 Å². The molecule has 0 saturated heterocycles. The zero-order chi connectivity index (χ0) is 17.7. The molecular formula is C18H18FNO4. The van der Waals surface area contributed by atoms with E-state index in [4.69, 9.17) is 9.47 Å². The SMILES string of the molecule is COc1ccc(NC(=O)[C@H](C)OC(=O)c2ccc(C)c(F)c2)cc1. The smallest absolute Gasteiger partial charge is 0.339 e. The maximum atomic E-state index is 13.5. The van der Waals surface area contributed by atoms with E-state index in [0.29, 0.717) is 17.0 Å². The molecule has 126 valence electrons. The molecular weight excluding hydrogens is 313 g/mol. The molecule has 0 spiro atoms. The summed E-state index contributed by atoms with van der Waals surface area (Å²) in [4.78, 5) is 24.0. The first kappa shape index (κ1) is 17.5. The summed E-state index contributed by atoms with van der Waals surface area (Å²) in [5.74, 6) is -1.08. The summed E-state index contributed by atoms with van der Waals surface area (Å²) in [5, 5.41) is 2.62. The molecule has 0 aliphatic carbocycles. The number of hydrogen-bond donors (Lipinski definition) is 1. The molecule has 0 heterocycles. The topological polar surface area (TPSA) is 64.6 Å². The van der Waals surface area contributed by atoms with E-state index in [0.717, 1.165) is 6.07 Å². The van der Waals surface area contributed by atoms with Crippen LogP contribution in [0.3, 0.4) is 0 Å². The molecule has 0 radical (unpaired) electrons. The van der Waals surface area contributed by atoms with Crippen LogP contribution in [0.4, 0.5) is 10.1 Å². The summed E-state index contributed by atoms with van der Waals surface area (Å²) >= 11 is 0. The van der Waals surface area contributed by atoms with Crippen LogP contribution in [0.5, 0.6) is 5.75 Å². The van der Waals surface area contributed by atoms with E-state index in [2.05, 4.69) is 5.32 Å². The van der Waals surface area contributed by atoms with Gasteiger partial charge in [-0.05, 0) is 55.8 Å². The molecule has 0 aromatic heterocycles. The lowest BCUT2D eigenvalue weighted by Gasteiger charge is -2.14. The van der Waals surface area contributed by atoms with Crippen molar-refractivity contribution in [3.05, 3.63) is 59.4 Å². The fourth-order valence-electron chi connectivity index (χ4n) is 1.92. The lowest BCUT2D eigenvalue weighted by Crippen LogP contribution is -2.30. The van der Waals surface area contributed by atoms with Crippen LogP contribution < -0.4 is 10.1 Å². The third kappa shape index (κ3) is 4.32. The largest absolute Gasteiger partial charge is 0.497 e. The van der Waals surface area contributed by atoms with Gasteiger partial charge < -0.3 is 14.8 Å². The highest BCUT2D eigenvalue weighted by atomic mass is 19.1. The van der Waals surface area contributed by atoms with E-state index in [1.54, 1.807) is 38.3 Å². The van der Waals surface area contributed by atoms with Crippen LogP contribution in [0.15, 0.2) is 42.5 Å². The number of esters is 1. The summed E-state index contributed by atoms with van der Waals surface area (Å²) < 4.78 is 23.6. The standard InChI is InChI=1S/C18H18FNO4/c1-11-4-5-13(10-16(11)19)18(22)24-12(2)17(21)20-14-6-8-15(23-3)9-7-14/h4-10,12H,1-3H3,(H,20,21)/t12-/m0/s1. The molecule has 24 heavy (non-hydrogen) atoms. The maximum Gasteiger partial charge on any atom is 0.339 e. The van der Waals surface area contributed by atoms with Gasteiger partial charge in [-0.15, -0.1) is 0 Å². The molecule has 1 amide bonds. The minimum Gasteiger partial charge on any atom is -0.497 e. The van der Waals surface area contributed by atoms with Gasteiger partial charge in [-0.25, -0.2) is 9.18 Å². The summed E-state index contributed by atoms with van der Waals surface area (Å²) in [5.41, 5.74) is 1.03. The van der Waals surface area contributed by atoms with Crippen LogP contribution in [0.1, 0.15) is 22.8 Å². The van der Waals surface area contributed by atoms with Gasteiger partial charge in [0.2, 0.25) is 0 Å². The Kier molecular flexibility index (Phi) is 5.52. The summed E-state index contributed by atoms with van der Waals surface area (Å²) in [6.45, 7) is 3.04. The number of aryl methyl sites for hydroxylation is 1. The zero-order valence-corrected chi connectivity index (χ0v) is 13.6. The number of halogens is 1. The third-order valence-electron chi connectivity index (χ3n) is 3.42. The van der Waals surface area contributed by atoms with Gasteiger partial charge in [-0.2, -0.15) is 0 Å². The van der Waals surface area contributed by atoms with Crippen molar-refractivity contribution < 1.29 is 23.5 Å². The number of hydrogen-bond acceptors (Lipinski definition) is 4. The van der Waals surface area contributed by atoms with Crippen molar-refractivity contribution in [1.29, 1.82) is 0 Å². The molecule has 0 aliphatic heterocycles. The third-order valence-corrected chi connectivity index (χ3v) is 3.42. The van der Waals surface area contributed by atoms with Gasteiger partial charge in [0, 0.05) is 5.69 Å². The minimum absolute atomic E-state index is 0.0576. The average molecular weight is 331 g/mol. The molecule has 2 aromatic rings. The van der Waals surface area contributed by atoms with Gasteiger partial charge in [0.05, 0.1) is 12.7 Å². The van der Waals surface area contributed by atoms with Crippen molar-refractivity contribution in [1.82, 2.24) is 0 Å². The summed E-state index contributed by atoms with van der Waals surface area (Å²) in [6, 6.07) is 10.7. The number of carbonyl (C=O) groups is 2. The zero-order valence-electron chi connectivity index (χ0n) is 13.6. The van der Waals surface area contributed by atoms with Crippen molar-refractivity contribution in [3.63, 3.8) is 0 Å². The van der Waals surface area contributed by atoms with Gasteiger partial charge in [-0.3, -0.25) is 4.79 Å². The second-order valence-electron chi connectivity index (χ2n) is 5.23. The highest BCUT2D eigenvalue weighted by Gasteiger charge is 2.19. The van der Waals surface area contributed by atoms with Crippen molar-refractivity contribution in [3.8, 4) is 5.75 Å². The molecule has 5 nitrogen and oxygen atoms in total. The molecule has 0 fully saturated rings. The van der Waals surface area contributed by atoms with Crippen molar-refractivity contribution in [2.24, 2.45) is 0 Å². The van der Waals surface area contributed by atoms with E-state index in [1.165, 1.54) is 19.1 Å². The number of anilines is 1. The van der Waals surface area contributed by atoms with Crippen LogP contribution in [0.2, 0.25) is 0 Å².